The van der Waals surface area contributed by atoms with E-state index in [0.717, 1.165) is 0 Å². The molecule has 0 aromatic carbocycles. The average Bonchev–Trinajstić information content (AvgIpc) is 2.59. The van der Waals surface area contributed by atoms with Crippen LogP contribution in [0.5, 0.6) is 0 Å². The molecule has 11 heteroatoms. The van der Waals surface area contributed by atoms with Gasteiger partial charge in [0.25, 0.3) is 0 Å². The zero-order valence-corrected chi connectivity index (χ0v) is 14.2. The molecule has 0 aliphatic carbocycles. The molecule has 0 radical (unpaired) electrons. The highest BCUT2D eigenvalue weighted by Crippen LogP contribution is 2.11. The first-order valence-corrected chi connectivity index (χ1v) is 7.97. The number of hydrogen-bond acceptors (Lipinski definition) is 7. The van der Waals surface area contributed by atoms with Gasteiger partial charge in [-0.2, -0.15) is 0 Å². The van der Waals surface area contributed by atoms with Crippen LogP contribution in [0.3, 0.4) is 0 Å². The van der Waals surface area contributed by atoms with E-state index in [-0.39, 0.29) is 45.6 Å². The van der Waals surface area contributed by atoms with Crippen molar-refractivity contribution in [3.63, 3.8) is 0 Å². The quantitative estimate of drug-likeness (QED) is 0.387. The Bertz CT molecular complexity index is 565. The summed E-state index contributed by atoms with van der Waals surface area (Å²) in [6.45, 7) is 0.386. The van der Waals surface area contributed by atoms with Crippen LogP contribution in [0.1, 0.15) is 12.8 Å². The van der Waals surface area contributed by atoms with Gasteiger partial charge >= 0.3 is 23.9 Å². The van der Waals surface area contributed by atoms with Gasteiger partial charge in [0.05, 0.1) is 6.54 Å². The lowest BCUT2D eigenvalue weighted by molar-refractivity contribution is -0.144. The van der Waals surface area contributed by atoms with Gasteiger partial charge in [0, 0.05) is 45.0 Å². The number of aliphatic carboxylic acids is 4. The normalized spacial score (nSPS) is 17.1. The first-order chi connectivity index (χ1) is 12.2. The summed E-state index contributed by atoms with van der Waals surface area (Å²) in [5, 5.41) is 36.1. The minimum absolute atomic E-state index is 0.132. The van der Waals surface area contributed by atoms with E-state index in [1.54, 1.807) is 4.90 Å². The third-order valence-electron chi connectivity index (χ3n) is 3.86. The van der Waals surface area contributed by atoms with Crippen LogP contribution in [0.2, 0.25) is 0 Å². The molecule has 1 heterocycles. The molecule has 0 aromatic rings. The predicted octanol–water partition coefficient (Wildman–Crippen LogP) is -1.14. The number of carboxylic acids is 4. The van der Waals surface area contributed by atoms with E-state index < -0.39 is 29.9 Å². The van der Waals surface area contributed by atoms with E-state index >= 15 is 0 Å². The van der Waals surface area contributed by atoms with Crippen molar-refractivity contribution >= 4 is 23.9 Å². The van der Waals surface area contributed by atoms with Gasteiger partial charge in [-0.25, -0.2) is 4.79 Å². The minimum atomic E-state index is -1.20. The van der Waals surface area contributed by atoms with Crippen molar-refractivity contribution in [1.82, 2.24) is 14.7 Å². The fourth-order valence-corrected chi connectivity index (χ4v) is 2.57. The molecule has 1 rings (SSSR count). The molecular weight excluding hydrogens is 350 g/mol. The molecule has 146 valence electrons. The van der Waals surface area contributed by atoms with Crippen molar-refractivity contribution in [3.8, 4) is 0 Å². The van der Waals surface area contributed by atoms with Crippen LogP contribution in [-0.2, 0) is 19.2 Å². The lowest BCUT2D eigenvalue weighted by atomic mass is 10.1. The highest BCUT2D eigenvalue weighted by atomic mass is 16.4. The van der Waals surface area contributed by atoms with Crippen molar-refractivity contribution in [2.24, 2.45) is 0 Å². The number of carboxylic acid groups (broad SMARTS) is 4. The third-order valence-corrected chi connectivity index (χ3v) is 3.86. The summed E-state index contributed by atoms with van der Waals surface area (Å²) in [4.78, 5) is 48.6. The average molecular weight is 373 g/mol. The first kappa shape index (κ1) is 21.2. The predicted molar refractivity (Wildman–Crippen MR) is 87.4 cm³/mol. The summed E-state index contributed by atoms with van der Waals surface area (Å²) in [5.41, 5.74) is 0. The monoisotopic (exact) mass is 373 g/mol. The van der Waals surface area contributed by atoms with Crippen molar-refractivity contribution in [1.29, 1.82) is 0 Å². The maximum atomic E-state index is 11.5. The van der Waals surface area contributed by atoms with E-state index in [1.807, 2.05) is 0 Å². The van der Waals surface area contributed by atoms with Crippen LogP contribution in [0.4, 0.5) is 0 Å². The smallest absolute Gasteiger partial charge is 0.326 e. The minimum Gasteiger partial charge on any atom is -0.481 e. The molecule has 4 N–H and O–H groups in total. The van der Waals surface area contributed by atoms with Crippen LogP contribution < -0.4 is 0 Å². The van der Waals surface area contributed by atoms with Crippen molar-refractivity contribution in [2.45, 2.75) is 18.9 Å². The van der Waals surface area contributed by atoms with E-state index in [1.165, 1.54) is 22.2 Å². The molecule has 26 heavy (non-hydrogen) atoms. The van der Waals surface area contributed by atoms with E-state index in [2.05, 4.69) is 0 Å². The molecule has 0 aromatic heterocycles. The summed E-state index contributed by atoms with van der Waals surface area (Å²) in [7, 11) is 0. The molecule has 0 saturated heterocycles. The van der Waals surface area contributed by atoms with Crippen molar-refractivity contribution in [2.75, 3.05) is 39.3 Å². The maximum Gasteiger partial charge on any atom is 0.326 e. The Labute approximate surface area is 149 Å². The summed E-state index contributed by atoms with van der Waals surface area (Å²) in [6, 6.07) is -1.11. The lowest BCUT2D eigenvalue weighted by Gasteiger charge is -2.29. The molecule has 1 unspecified atom stereocenters. The van der Waals surface area contributed by atoms with Gasteiger partial charge in [-0.3, -0.25) is 19.3 Å². The van der Waals surface area contributed by atoms with Crippen LogP contribution in [0.25, 0.3) is 0 Å². The van der Waals surface area contributed by atoms with Gasteiger partial charge < -0.3 is 30.2 Å². The SMILES string of the molecule is O=C(O)CCC(C(=O)O)N1C=CN(CC(=O)O)CCN(CC(=O)O)CC1. The lowest BCUT2D eigenvalue weighted by Crippen LogP contribution is -2.43. The van der Waals surface area contributed by atoms with E-state index in [9.17, 15) is 24.3 Å². The van der Waals surface area contributed by atoms with E-state index in [4.69, 9.17) is 15.3 Å². The number of rotatable bonds is 9. The second kappa shape index (κ2) is 10.2. The topological polar surface area (TPSA) is 159 Å². The second-order valence-electron chi connectivity index (χ2n) is 5.86. The largest absolute Gasteiger partial charge is 0.481 e. The van der Waals surface area contributed by atoms with Crippen LogP contribution in [0.15, 0.2) is 12.4 Å². The Hall–Kier alpha value is -2.82. The highest BCUT2D eigenvalue weighted by Gasteiger charge is 2.26. The van der Waals surface area contributed by atoms with Gasteiger partial charge in [-0.1, -0.05) is 0 Å². The molecule has 1 aliphatic heterocycles. The number of hydrogen-bond donors (Lipinski definition) is 4. The number of nitrogens with zero attached hydrogens (tertiary/aromatic N) is 3. The van der Waals surface area contributed by atoms with Crippen LogP contribution in [-0.4, -0.2) is 104 Å². The Morgan fingerprint density at radius 2 is 1.42 bits per heavy atom. The van der Waals surface area contributed by atoms with Gasteiger partial charge in [0.1, 0.15) is 12.6 Å². The van der Waals surface area contributed by atoms with E-state index in [0.29, 0.717) is 6.54 Å². The van der Waals surface area contributed by atoms with Gasteiger partial charge in [-0.05, 0) is 6.42 Å². The van der Waals surface area contributed by atoms with Gasteiger partial charge in [0.15, 0.2) is 0 Å². The fraction of sp³-hybridized carbons (Fsp3) is 0.600. The van der Waals surface area contributed by atoms with Crippen molar-refractivity contribution in [3.05, 3.63) is 12.4 Å². The molecule has 0 fully saturated rings. The van der Waals surface area contributed by atoms with Crippen LogP contribution in [0, 0.1) is 0 Å². The third kappa shape index (κ3) is 7.83. The second-order valence-corrected chi connectivity index (χ2v) is 5.86. The summed E-state index contributed by atoms with van der Waals surface area (Å²) < 4.78 is 0. The van der Waals surface area contributed by atoms with Crippen LogP contribution >= 0.6 is 0 Å². The summed E-state index contributed by atoms with van der Waals surface area (Å²) in [6.07, 6.45) is 2.40. The zero-order valence-electron chi connectivity index (χ0n) is 14.2. The highest BCUT2D eigenvalue weighted by molar-refractivity contribution is 5.75. The fourth-order valence-electron chi connectivity index (χ4n) is 2.57. The maximum absolute atomic E-state index is 11.5. The Balaban J connectivity index is 2.99. The molecule has 1 atom stereocenters. The number of carbonyl (C=O) groups is 4. The molecular formula is C15H23N3O8. The molecule has 11 nitrogen and oxygen atoms in total. The molecule has 0 amide bonds. The van der Waals surface area contributed by atoms with Crippen molar-refractivity contribution < 1.29 is 39.6 Å². The summed E-state index contributed by atoms with van der Waals surface area (Å²) in [5.74, 6) is -4.45. The Kier molecular flexibility index (Phi) is 8.35. The summed E-state index contributed by atoms with van der Waals surface area (Å²) >= 11 is 0. The van der Waals surface area contributed by atoms with Gasteiger partial charge in [-0.15, -0.1) is 0 Å². The Morgan fingerprint density at radius 1 is 0.808 bits per heavy atom. The van der Waals surface area contributed by atoms with Gasteiger partial charge in [0.2, 0.25) is 0 Å². The molecule has 0 saturated carbocycles. The molecule has 1 aliphatic rings. The molecule has 0 bridgehead atoms. The first-order valence-electron chi connectivity index (χ1n) is 7.97. The standard InChI is InChI=1S/C15H23N3O8/c19-12(20)2-1-11(15(25)26)18-7-5-16(9-13(21)22)3-4-17(6-8-18)10-14(23)24/h5,7,11H,1-4,6,8-10H2,(H,19,20)(H,21,22)(H,23,24)(H,25,26). The zero-order chi connectivity index (χ0) is 19.7. The Morgan fingerprint density at radius 3 is 1.96 bits per heavy atom. The molecule has 0 spiro atoms.